The van der Waals surface area contributed by atoms with Crippen LogP contribution in [0.1, 0.15) is 25.5 Å². The highest BCUT2D eigenvalue weighted by Gasteiger charge is 2.25. The molecule has 0 spiro atoms. The molecule has 1 aliphatic heterocycles. The van der Waals surface area contributed by atoms with E-state index in [4.69, 9.17) is 0 Å². The average Bonchev–Trinajstić information content (AvgIpc) is 3.02. The number of amides is 1. The summed E-state index contributed by atoms with van der Waals surface area (Å²) in [6.07, 6.45) is 1.37. The molecule has 0 bridgehead atoms. The van der Waals surface area contributed by atoms with Gasteiger partial charge in [-0.1, -0.05) is 6.92 Å². The normalized spacial score (nSPS) is 17.2. The number of hydrogen-bond donors (Lipinski definition) is 1. The third kappa shape index (κ3) is 3.15. The van der Waals surface area contributed by atoms with Gasteiger partial charge in [-0.3, -0.25) is 19.9 Å². The predicted octanol–water partition coefficient (Wildman–Crippen LogP) is 2.87. The van der Waals surface area contributed by atoms with Crippen LogP contribution in [0.4, 0.5) is 11.4 Å². The van der Waals surface area contributed by atoms with Crippen LogP contribution >= 0.6 is 0 Å². The zero-order valence-electron chi connectivity index (χ0n) is 13.8. The van der Waals surface area contributed by atoms with Crippen molar-refractivity contribution in [1.29, 1.82) is 0 Å². The van der Waals surface area contributed by atoms with E-state index in [1.807, 2.05) is 24.8 Å². The minimum absolute atomic E-state index is 0.0467. The summed E-state index contributed by atoms with van der Waals surface area (Å²) in [7, 11) is 0. The van der Waals surface area contributed by atoms with E-state index in [-0.39, 0.29) is 17.6 Å². The highest BCUT2D eigenvalue weighted by molar-refractivity contribution is 5.93. The second-order valence-corrected chi connectivity index (χ2v) is 6.09. The van der Waals surface area contributed by atoms with Crippen molar-refractivity contribution in [2.75, 3.05) is 18.4 Å². The van der Waals surface area contributed by atoms with Crippen LogP contribution < -0.4 is 5.32 Å². The molecule has 0 radical (unpaired) electrons. The number of likely N-dealkylation sites (tertiary alicyclic amines) is 1. The molecule has 0 saturated carbocycles. The Kier molecular flexibility index (Phi) is 4.33. The van der Waals surface area contributed by atoms with E-state index in [9.17, 15) is 14.9 Å². The number of aryl methyl sites for hydroxylation is 1. The molecule has 1 amide bonds. The zero-order chi connectivity index (χ0) is 17.3. The number of nitro groups is 1. The topological polar surface area (TPSA) is 88.4 Å². The molecule has 3 rings (SSSR count). The fourth-order valence-corrected chi connectivity index (χ4v) is 3.13. The quantitative estimate of drug-likeness (QED) is 0.688. The first kappa shape index (κ1) is 16.2. The lowest BCUT2D eigenvalue weighted by atomic mass is 10.1. The molecule has 7 nitrogen and oxygen atoms in total. The van der Waals surface area contributed by atoms with Crippen LogP contribution in [-0.4, -0.2) is 39.8 Å². The number of hydrogen-bond acceptors (Lipinski definition) is 5. The van der Waals surface area contributed by atoms with Crippen molar-refractivity contribution in [3.05, 3.63) is 40.1 Å². The number of rotatable bonds is 4. The Bertz CT molecular complexity index is 806. The van der Waals surface area contributed by atoms with Crippen LogP contribution in [-0.2, 0) is 4.79 Å². The van der Waals surface area contributed by atoms with E-state index >= 15 is 0 Å². The second kappa shape index (κ2) is 6.43. The van der Waals surface area contributed by atoms with Crippen LogP contribution in [0.5, 0.6) is 0 Å². The molecule has 0 aliphatic carbocycles. The number of aromatic nitrogens is 1. The first-order valence-corrected chi connectivity index (χ1v) is 8.08. The van der Waals surface area contributed by atoms with Gasteiger partial charge in [0, 0.05) is 54.5 Å². The van der Waals surface area contributed by atoms with E-state index in [0.717, 1.165) is 35.2 Å². The first-order chi connectivity index (χ1) is 11.5. The van der Waals surface area contributed by atoms with E-state index in [1.165, 1.54) is 6.07 Å². The summed E-state index contributed by atoms with van der Waals surface area (Å²) in [5.74, 6) is 0.158. The van der Waals surface area contributed by atoms with Crippen molar-refractivity contribution in [2.24, 2.45) is 0 Å². The lowest BCUT2D eigenvalue weighted by Crippen LogP contribution is -2.31. The number of non-ortho nitro benzene ring substituents is 1. The maximum absolute atomic E-state index is 11.8. The van der Waals surface area contributed by atoms with Gasteiger partial charge in [-0.25, -0.2) is 0 Å². The SMILES string of the molecule is CCC(=O)N1CCC(Nc2cc(C)nc3ccc([N+](=O)[O-])cc23)C1. The Balaban J connectivity index is 1.90. The van der Waals surface area contributed by atoms with Gasteiger partial charge in [-0.05, 0) is 25.5 Å². The van der Waals surface area contributed by atoms with E-state index in [0.29, 0.717) is 13.0 Å². The standard InChI is InChI=1S/C17H20N4O3/c1-3-17(22)20-7-6-12(10-20)19-16-8-11(2)18-15-5-4-13(21(23)24)9-14(15)16/h4-5,8-9,12H,3,6-7,10H2,1-2H3,(H,18,19). The Morgan fingerprint density at radius 2 is 2.25 bits per heavy atom. The largest absolute Gasteiger partial charge is 0.380 e. The number of anilines is 1. The fraction of sp³-hybridized carbons (Fsp3) is 0.412. The molecular formula is C17H20N4O3. The van der Waals surface area contributed by atoms with Gasteiger partial charge in [0.15, 0.2) is 0 Å². The van der Waals surface area contributed by atoms with E-state index in [1.54, 1.807) is 12.1 Å². The molecule has 2 heterocycles. The number of carbonyl (C=O) groups is 1. The molecule has 1 aromatic carbocycles. The molecule has 2 aromatic rings. The van der Waals surface area contributed by atoms with Crippen molar-refractivity contribution in [2.45, 2.75) is 32.7 Å². The number of carbonyl (C=O) groups excluding carboxylic acids is 1. The van der Waals surface area contributed by atoms with Gasteiger partial charge in [-0.15, -0.1) is 0 Å². The molecule has 1 aromatic heterocycles. The highest BCUT2D eigenvalue weighted by atomic mass is 16.6. The molecule has 24 heavy (non-hydrogen) atoms. The molecule has 1 N–H and O–H groups in total. The summed E-state index contributed by atoms with van der Waals surface area (Å²) in [6, 6.07) is 6.73. The summed E-state index contributed by atoms with van der Waals surface area (Å²) in [4.78, 5) is 28.7. The van der Waals surface area contributed by atoms with Crippen LogP contribution in [0.25, 0.3) is 10.9 Å². The van der Waals surface area contributed by atoms with Gasteiger partial charge in [-0.2, -0.15) is 0 Å². The van der Waals surface area contributed by atoms with Gasteiger partial charge in [0.1, 0.15) is 0 Å². The highest BCUT2D eigenvalue weighted by Crippen LogP contribution is 2.28. The molecule has 1 saturated heterocycles. The summed E-state index contributed by atoms with van der Waals surface area (Å²) in [5, 5.41) is 15.2. The van der Waals surface area contributed by atoms with Crippen molar-refractivity contribution in [3.63, 3.8) is 0 Å². The Labute approximate surface area is 139 Å². The van der Waals surface area contributed by atoms with Crippen molar-refractivity contribution < 1.29 is 9.72 Å². The molecule has 1 atom stereocenters. The lowest BCUT2D eigenvalue weighted by Gasteiger charge is -2.18. The molecular weight excluding hydrogens is 308 g/mol. The van der Waals surface area contributed by atoms with Gasteiger partial charge in [0.2, 0.25) is 5.91 Å². The summed E-state index contributed by atoms with van der Waals surface area (Å²) in [6.45, 7) is 5.16. The van der Waals surface area contributed by atoms with Gasteiger partial charge >= 0.3 is 0 Å². The molecule has 1 unspecified atom stereocenters. The number of pyridine rings is 1. The Morgan fingerprint density at radius 3 is 2.96 bits per heavy atom. The van der Waals surface area contributed by atoms with Gasteiger partial charge < -0.3 is 10.2 Å². The van der Waals surface area contributed by atoms with Crippen molar-refractivity contribution in [3.8, 4) is 0 Å². The van der Waals surface area contributed by atoms with E-state index in [2.05, 4.69) is 10.3 Å². The summed E-state index contributed by atoms with van der Waals surface area (Å²) < 4.78 is 0. The third-order valence-electron chi connectivity index (χ3n) is 4.33. The van der Waals surface area contributed by atoms with Crippen LogP contribution in [0.2, 0.25) is 0 Å². The molecule has 126 valence electrons. The number of nitro benzene ring substituents is 1. The fourth-order valence-electron chi connectivity index (χ4n) is 3.13. The Hall–Kier alpha value is -2.70. The monoisotopic (exact) mass is 328 g/mol. The molecule has 1 aliphatic rings. The van der Waals surface area contributed by atoms with Crippen LogP contribution in [0, 0.1) is 17.0 Å². The first-order valence-electron chi connectivity index (χ1n) is 8.08. The maximum atomic E-state index is 11.8. The summed E-state index contributed by atoms with van der Waals surface area (Å²) in [5.41, 5.74) is 2.45. The smallest absolute Gasteiger partial charge is 0.270 e. The Morgan fingerprint density at radius 1 is 1.46 bits per heavy atom. The van der Waals surface area contributed by atoms with Crippen LogP contribution in [0.3, 0.4) is 0 Å². The third-order valence-corrected chi connectivity index (χ3v) is 4.33. The second-order valence-electron chi connectivity index (χ2n) is 6.09. The van der Waals surface area contributed by atoms with Crippen molar-refractivity contribution >= 4 is 28.2 Å². The number of fused-ring (bicyclic) bond motifs is 1. The zero-order valence-corrected chi connectivity index (χ0v) is 13.8. The minimum atomic E-state index is -0.402. The molecule has 1 fully saturated rings. The lowest BCUT2D eigenvalue weighted by molar-refractivity contribution is -0.384. The van der Waals surface area contributed by atoms with Gasteiger partial charge in [0.25, 0.3) is 5.69 Å². The minimum Gasteiger partial charge on any atom is -0.380 e. The molecule has 7 heteroatoms. The van der Waals surface area contributed by atoms with Crippen LogP contribution in [0.15, 0.2) is 24.3 Å². The number of nitrogens with one attached hydrogen (secondary N) is 1. The summed E-state index contributed by atoms with van der Waals surface area (Å²) >= 11 is 0. The predicted molar refractivity (Wildman–Crippen MR) is 92.0 cm³/mol. The van der Waals surface area contributed by atoms with E-state index < -0.39 is 4.92 Å². The van der Waals surface area contributed by atoms with Crippen molar-refractivity contribution in [1.82, 2.24) is 9.88 Å². The van der Waals surface area contributed by atoms with Gasteiger partial charge in [0.05, 0.1) is 10.4 Å². The number of benzene rings is 1. The average molecular weight is 328 g/mol. The maximum Gasteiger partial charge on any atom is 0.270 e. The number of nitrogens with zero attached hydrogens (tertiary/aromatic N) is 3.